The minimum atomic E-state index is -4.74. The van der Waals surface area contributed by atoms with Crippen molar-refractivity contribution in [2.24, 2.45) is 0 Å². The number of benzene rings is 2. The lowest BCUT2D eigenvalue weighted by Gasteiger charge is -2.26. The molecule has 2 heterocycles. The number of hydrogen-bond acceptors (Lipinski definition) is 6. The van der Waals surface area contributed by atoms with Crippen LogP contribution in [0, 0.1) is 0 Å². The van der Waals surface area contributed by atoms with E-state index in [9.17, 15) is 21.6 Å². The van der Waals surface area contributed by atoms with E-state index in [0.717, 1.165) is 0 Å². The van der Waals surface area contributed by atoms with Crippen LogP contribution in [0.1, 0.15) is 5.82 Å². The summed E-state index contributed by atoms with van der Waals surface area (Å²) in [6, 6.07) is 11.6. The molecule has 0 saturated carbocycles. The van der Waals surface area contributed by atoms with Gasteiger partial charge in [-0.15, -0.1) is 0 Å². The number of alkyl halides is 3. The van der Waals surface area contributed by atoms with Gasteiger partial charge in [-0.3, -0.25) is 0 Å². The molecule has 0 spiro atoms. The van der Waals surface area contributed by atoms with Gasteiger partial charge in [0.05, 0.1) is 29.0 Å². The van der Waals surface area contributed by atoms with E-state index in [1.165, 1.54) is 34.6 Å². The summed E-state index contributed by atoms with van der Waals surface area (Å²) < 4.78 is 76.8. The number of ether oxygens (including phenoxy) is 2. The molecule has 0 bridgehead atoms. The molecular formula is C19H16F3N3O4S. The molecule has 3 aromatic rings. The Hall–Kier alpha value is -2.76. The van der Waals surface area contributed by atoms with Crippen LogP contribution >= 0.6 is 0 Å². The predicted octanol–water partition coefficient (Wildman–Crippen LogP) is 3.46. The van der Waals surface area contributed by atoms with Gasteiger partial charge in [0.25, 0.3) is 0 Å². The molecule has 7 nitrogen and oxygen atoms in total. The fourth-order valence-electron chi connectivity index (χ4n) is 2.98. The topological polar surface area (TPSA) is 81.6 Å². The summed E-state index contributed by atoms with van der Waals surface area (Å²) in [5.74, 6) is -1.44. The average molecular weight is 439 g/mol. The third kappa shape index (κ3) is 4.09. The third-order valence-electron chi connectivity index (χ3n) is 4.47. The van der Waals surface area contributed by atoms with E-state index in [-0.39, 0.29) is 35.1 Å². The molecule has 0 amide bonds. The molecule has 0 N–H and O–H groups in total. The van der Waals surface area contributed by atoms with Crippen LogP contribution in [0.25, 0.3) is 10.9 Å². The Morgan fingerprint density at radius 3 is 2.30 bits per heavy atom. The number of hydrogen-bond donors (Lipinski definition) is 0. The number of aromatic nitrogens is 2. The molecule has 4 rings (SSSR count). The van der Waals surface area contributed by atoms with Crippen LogP contribution in [0.2, 0.25) is 0 Å². The van der Waals surface area contributed by atoms with Crippen molar-refractivity contribution < 1.29 is 31.1 Å². The first kappa shape index (κ1) is 20.5. The fourth-order valence-corrected chi connectivity index (χ4v) is 4.39. The Balaban J connectivity index is 1.64. The Kier molecular flexibility index (Phi) is 5.35. The quantitative estimate of drug-likeness (QED) is 0.619. The van der Waals surface area contributed by atoms with Crippen LogP contribution in [0.15, 0.2) is 53.4 Å². The first-order valence-electron chi connectivity index (χ1n) is 8.95. The lowest BCUT2D eigenvalue weighted by atomic mass is 10.2. The van der Waals surface area contributed by atoms with Gasteiger partial charge in [0.1, 0.15) is 5.75 Å². The van der Waals surface area contributed by atoms with Crippen LogP contribution in [0.3, 0.4) is 0 Å². The second-order valence-corrected chi connectivity index (χ2v) is 8.40. The highest BCUT2D eigenvalue weighted by Crippen LogP contribution is 2.33. The van der Waals surface area contributed by atoms with Gasteiger partial charge in [0.2, 0.25) is 21.7 Å². The summed E-state index contributed by atoms with van der Waals surface area (Å²) in [5.41, 5.74) is 0.0846. The number of nitrogens with zero attached hydrogens (tertiary/aromatic N) is 3. The molecule has 1 aliphatic heterocycles. The molecule has 11 heteroatoms. The predicted molar refractivity (Wildman–Crippen MR) is 101 cm³/mol. The number of rotatable bonds is 4. The molecule has 0 unspecified atom stereocenters. The van der Waals surface area contributed by atoms with Gasteiger partial charge < -0.3 is 9.47 Å². The summed E-state index contributed by atoms with van der Waals surface area (Å²) in [5, 5.41) is 0.301. The first-order valence-corrected chi connectivity index (χ1v) is 10.4. The zero-order valence-electron chi connectivity index (χ0n) is 15.5. The third-order valence-corrected chi connectivity index (χ3v) is 6.38. The van der Waals surface area contributed by atoms with Gasteiger partial charge in [-0.1, -0.05) is 12.1 Å². The maximum absolute atomic E-state index is 13.1. The lowest BCUT2D eigenvalue weighted by molar-refractivity contribution is -0.144. The van der Waals surface area contributed by atoms with E-state index in [0.29, 0.717) is 18.6 Å². The van der Waals surface area contributed by atoms with Crippen LogP contribution in [-0.4, -0.2) is 49.0 Å². The van der Waals surface area contributed by atoms with E-state index in [2.05, 4.69) is 9.97 Å². The normalized spacial score (nSPS) is 16.0. The molecule has 30 heavy (non-hydrogen) atoms. The van der Waals surface area contributed by atoms with E-state index < -0.39 is 22.0 Å². The highest BCUT2D eigenvalue weighted by molar-refractivity contribution is 7.89. The first-order chi connectivity index (χ1) is 14.2. The molecule has 0 radical (unpaired) electrons. The van der Waals surface area contributed by atoms with Crippen molar-refractivity contribution >= 4 is 20.9 Å². The van der Waals surface area contributed by atoms with Crippen LogP contribution in [-0.2, 0) is 20.9 Å². The van der Waals surface area contributed by atoms with Gasteiger partial charge in [-0.05, 0) is 36.4 Å². The van der Waals surface area contributed by atoms with Gasteiger partial charge in [0, 0.05) is 13.1 Å². The maximum Gasteiger partial charge on any atom is 0.451 e. The molecule has 1 aliphatic rings. The second kappa shape index (κ2) is 7.82. The summed E-state index contributed by atoms with van der Waals surface area (Å²) in [6.07, 6.45) is -4.74. The molecule has 1 saturated heterocycles. The molecule has 0 aliphatic carbocycles. The average Bonchev–Trinajstić information content (AvgIpc) is 2.74. The molecule has 158 valence electrons. The number of halogens is 3. The molecule has 0 atom stereocenters. The summed E-state index contributed by atoms with van der Waals surface area (Å²) >= 11 is 0. The smallest absolute Gasteiger partial charge is 0.438 e. The van der Waals surface area contributed by atoms with Gasteiger partial charge >= 0.3 is 6.18 Å². The number of fused-ring (bicyclic) bond motifs is 1. The standard InChI is InChI=1S/C19H16F3N3O4S/c20-19(21,22)18-23-16-4-2-1-3-15(16)17(24-18)29-13-5-7-14(8-6-13)30(26,27)25-9-11-28-12-10-25/h1-8H,9-12H2. The zero-order chi connectivity index (χ0) is 21.4. The van der Waals surface area contributed by atoms with E-state index >= 15 is 0 Å². The van der Waals surface area contributed by atoms with Gasteiger partial charge in [-0.25, -0.2) is 13.4 Å². The SMILES string of the molecule is O=S(=O)(c1ccc(Oc2nc(C(F)(F)F)nc3ccccc23)cc1)N1CCOCC1. The number of para-hydroxylation sites is 1. The summed E-state index contributed by atoms with van der Waals surface area (Å²) in [6.45, 7) is 1.16. The van der Waals surface area contributed by atoms with Gasteiger partial charge in [-0.2, -0.15) is 22.5 Å². The van der Waals surface area contributed by atoms with Crippen molar-refractivity contribution in [3.05, 3.63) is 54.4 Å². The Bertz CT molecular complexity index is 1160. The fraction of sp³-hybridized carbons (Fsp3) is 0.263. The van der Waals surface area contributed by atoms with Crippen molar-refractivity contribution in [1.82, 2.24) is 14.3 Å². The molecule has 1 fully saturated rings. The van der Waals surface area contributed by atoms with E-state index in [1.54, 1.807) is 18.2 Å². The van der Waals surface area contributed by atoms with Crippen LogP contribution in [0.5, 0.6) is 11.6 Å². The largest absolute Gasteiger partial charge is 0.451 e. The Morgan fingerprint density at radius 2 is 1.63 bits per heavy atom. The minimum absolute atomic E-state index is 0.0558. The Labute approximate surface area is 170 Å². The monoisotopic (exact) mass is 439 g/mol. The number of sulfonamides is 1. The van der Waals surface area contributed by atoms with E-state index in [1.807, 2.05) is 0 Å². The van der Waals surface area contributed by atoms with Crippen molar-refractivity contribution in [3.8, 4) is 11.6 Å². The molecular weight excluding hydrogens is 423 g/mol. The van der Waals surface area contributed by atoms with Gasteiger partial charge in [0.15, 0.2) is 0 Å². The minimum Gasteiger partial charge on any atom is -0.438 e. The highest BCUT2D eigenvalue weighted by Gasteiger charge is 2.36. The second-order valence-electron chi connectivity index (χ2n) is 6.46. The highest BCUT2D eigenvalue weighted by atomic mass is 32.2. The summed E-state index contributed by atoms with van der Waals surface area (Å²) in [7, 11) is -3.69. The van der Waals surface area contributed by atoms with Crippen LogP contribution in [0.4, 0.5) is 13.2 Å². The van der Waals surface area contributed by atoms with E-state index in [4.69, 9.17) is 9.47 Å². The van der Waals surface area contributed by atoms with Crippen molar-refractivity contribution in [2.45, 2.75) is 11.1 Å². The van der Waals surface area contributed by atoms with Crippen LogP contribution < -0.4 is 4.74 Å². The lowest BCUT2D eigenvalue weighted by Crippen LogP contribution is -2.40. The Morgan fingerprint density at radius 1 is 0.967 bits per heavy atom. The molecule has 2 aromatic carbocycles. The number of morpholine rings is 1. The summed E-state index contributed by atoms with van der Waals surface area (Å²) in [4.78, 5) is 7.10. The maximum atomic E-state index is 13.1. The van der Waals surface area contributed by atoms with Crippen molar-refractivity contribution in [3.63, 3.8) is 0 Å². The molecule has 1 aromatic heterocycles. The van der Waals surface area contributed by atoms with Crippen molar-refractivity contribution in [2.75, 3.05) is 26.3 Å². The zero-order valence-corrected chi connectivity index (χ0v) is 16.3. The van der Waals surface area contributed by atoms with Crippen molar-refractivity contribution in [1.29, 1.82) is 0 Å².